The molecule has 0 aliphatic heterocycles. The number of pyridine rings is 1. The number of ether oxygens (including phenoxy) is 1. The number of ketones is 1. The topological polar surface area (TPSA) is 39.2 Å². The summed E-state index contributed by atoms with van der Waals surface area (Å²) in [5.74, 6) is 0.611. The molecule has 0 saturated carbocycles. The van der Waals surface area contributed by atoms with Crippen LogP contribution in [0.25, 0.3) is 0 Å². The zero-order chi connectivity index (χ0) is 11.6. The Kier molecular flexibility index (Phi) is 3.12. The summed E-state index contributed by atoms with van der Waals surface area (Å²) in [7, 11) is 0. The molecule has 0 aromatic carbocycles. The highest BCUT2D eigenvalue weighted by Gasteiger charge is 2.15. The number of rotatable bonds is 2. The van der Waals surface area contributed by atoms with E-state index in [9.17, 15) is 4.79 Å². The van der Waals surface area contributed by atoms with Gasteiger partial charge < -0.3 is 4.74 Å². The van der Waals surface area contributed by atoms with Gasteiger partial charge in [-0.05, 0) is 40.7 Å². The minimum atomic E-state index is -0.268. The van der Waals surface area contributed by atoms with E-state index in [1.165, 1.54) is 6.92 Å². The Hall–Kier alpha value is -1.38. The van der Waals surface area contributed by atoms with Crippen molar-refractivity contribution in [2.45, 2.75) is 40.2 Å². The second-order valence-electron chi connectivity index (χ2n) is 4.62. The number of hydrogen-bond donors (Lipinski definition) is 0. The molecule has 3 nitrogen and oxygen atoms in total. The third kappa shape index (κ3) is 3.35. The fourth-order valence-electron chi connectivity index (χ4n) is 1.15. The van der Waals surface area contributed by atoms with Crippen LogP contribution >= 0.6 is 0 Å². The highest BCUT2D eigenvalue weighted by Crippen LogP contribution is 2.20. The number of carbonyl (C=O) groups is 1. The summed E-state index contributed by atoms with van der Waals surface area (Å²) >= 11 is 0. The lowest BCUT2D eigenvalue weighted by Crippen LogP contribution is -2.24. The van der Waals surface area contributed by atoms with Crippen LogP contribution in [-0.2, 0) is 0 Å². The number of aryl methyl sites for hydroxylation is 1. The first-order valence-electron chi connectivity index (χ1n) is 4.96. The summed E-state index contributed by atoms with van der Waals surface area (Å²) in [6.45, 7) is 9.31. The molecule has 1 aromatic rings. The molecule has 0 N–H and O–H groups in total. The van der Waals surface area contributed by atoms with E-state index in [0.717, 1.165) is 5.56 Å². The lowest BCUT2D eigenvalue weighted by atomic mass is 10.1. The monoisotopic (exact) mass is 207 g/mol. The van der Waals surface area contributed by atoms with Crippen LogP contribution in [0.5, 0.6) is 5.88 Å². The molecular weight excluding hydrogens is 190 g/mol. The standard InChI is InChI=1S/C12H17NO2/c1-8-6-10(9(2)14)7-13-11(8)15-12(3,4)5/h6-7H,1-5H3. The van der Waals surface area contributed by atoms with Gasteiger partial charge >= 0.3 is 0 Å². The Morgan fingerprint density at radius 1 is 1.40 bits per heavy atom. The third-order valence-electron chi connectivity index (χ3n) is 1.84. The van der Waals surface area contributed by atoms with Gasteiger partial charge in [-0.2, -0.15) is 0 Å². The zero-order valence-electron chi connectivity index (χ0n) is 9.92. The molecule has 0 fully saturated rings. The van der Waals surface area contributed by atoms with Gasteiger partial charge in [0.25, 0.3) is 0 Å². The molecule has 0 bridgehead atoms. The van der Waals surface area contributed by atoms with Crippen molar-refractivity contribution < 1.29 is 9.53 Å². The van der Waals surface area contributed by atoms with Crippen LogP contribution in [0.1, 0.15) is 43.6 Å². The second-order valence-corrected chi connectivity index (χ2v) is 4.62. The van der Waals surface area contributed by atoms with Crippen molar-refractivity contribution in [2.75, 3.05) is 0 Å². The van der Waals surface area contributed by atoms with Crippen molar-refractivity contribution >= 4 is 5.78 Å². The van der Waals surface area contributed by atoms with Gasteiger partial charge in [0, 0.05) is 17.3 Å². The summed E-state index contributed by atoms with van der Waals surface area (Å²) < 4.78 is 5.64. The summed E-state index contributed by atoms with van der Waals surface area (Å²) in [5, 5.41) is 0. The van der Waals surface area contributed by atoms with Crippen molar-refractivity contribution in [3.05, 3.63) is 23.4 Å². The highest BCUT2D eigenvalue weighted by molar-refractivity contribution is 5.93. The van der Waals surface area contributed by atoms with Crippen molar-refractivity contribution in [2.24, 2.45) is 0 Å². The molecule has 0 aliphatic rings. The van der Waals surface area contributed by atoms with Gasteiger partial charge in [0.05, 0.1) is 0 Å². The minimum Gasteiger partial charge on any atom is -0.472 e. The molecule has 0 saturated heterocycles. The third-order valence-corrected chi connectivity index (χ3v) is 1.84. The second kappa shape index (κ2) is 4.01. The predicted octanol–water partition coefficient (Wildman–Crippen LogP) is 2.77. The number of aromatic nitrogens is 1. The van der Waals surface area contributed by atoms with Gasteiger partial charge in [-0.1, -0.05) is 0 Å². The number of Topliss-reactive ketones (excluding diaryl/α,β-unsaturated/α-hetero) is 1. The fraction of sp³-hybridized carbons (Fsp3) is 0.500. The molecule has 82 valence electrons. The van der Waals surface area contributed by atoms with E-state index >= 15 is 0 Å². The van der Waals surface area contributed by atoms with E-state index in [1.54, 1.807) is 12.3 Å². The van der Waals surface area contributed by atoms with E-state index in [4.69, 9.17) is 4.74 Å². The molecule has 1 aromatic heterocycles. The van der Waals surface area contributed by atoms with Crippen molar-refractivity contribution in [3.63, 3.8) is 0 Å². The maximum Gasteiger partial charge on any atom is 0.216 e. The van der Waals surface area contributed by atoms with E-state index in [2.05, 4.69) is 4.98 Å². The molecular formula is C12H17NO2. The van der Waals surface area contributed by atoms with Crippen LogP contribution in [0.2, 0.25) is 0 Å². The molecule has 0 unspecified atom stereocenters. The smallest absolute Gasteiger partial charge is 0.216 e. The van der Waals surface area contributed by atoms with Crippen LogP contribution in [0.4, 0.5) is 0 Å². The Labute approximate surface area is 90.5 Å². The Balaban J connectivity index is 2.99. The van der Waals surface area contributed by atoms with Crippen LogP contribution in [0.15, 0.2) is 12.3 Å². The summed E-state index contributed by atoms with van der Waals surface area (Å²) in [4.78, 5) is 15.3. The molecule has 1 heterocycles. The Morgan fingerprint density at radius 3 is 2.40 bits per heavy atom. The van der Waals surface area contributed by atoms with E-state index in [-0.39, 0.29) is 11.4 Å². The van der Waals surface area contributed by atoms with Gasteiger partial charge in [-0.15, -0.1) is 0 Å². The molecule has 3 heteroatoms. The van der Waals surface area contributed by atoms with Crippen LogP contribution in [0, 0.1) is 6.92 Å². The largest absolute Gasteiger partial charge is 0.472 e. The normalized spacial score (nSPS) is 11.3. The first-order chi connectivity index (χ1) is 6.79. The fourth-order valence-corrected chi connectivity index (χ4v) is 1.15. The first-order valence-corrected chi connectivity index (χ1v) is 4.96. The number of hydrogen-bond acceptors (Lipinski definition) is 3. The highest BCUT2D eigenvalue weighted by atomic mass is 16.5. The minimum absolute atomic E-state index is 0.0212. The summed E-state index contributed by atoms with van der Waals surface area (Å²) in [6.07, 6.45) is 1.55. The lowest BCUT2D eigenvalue weighted by molar-refractivity contribution is 0.101. The average molecular weight is 207 g/mol. The SMILES string of the molecule is CC(=O)c1cnc(OC(C)(C)C)c(C)c1. The molecule has 0 aliphatic carbocycles. The van der Waals surface area contributed by atoms with Gasteiger partial charge in [-0.25, -0.2) is 4.98 Å². The average Bonchev–Trinajstić information content (AvgIpc) is 2.05. The molecule has 15 heavy (non-hydrogen) atoms. The molecule has 1 rings (SSSR count). The van der Waals surface area contributed by atoms with E-state index in [1.807, 2.05) is 27.7 Å². The summed E-state index contributed by atoms with van der Waals surface area (Å²) in [5.41, 5.74) is 1.24. The number of nitrogens with zero attached hydrogens (tertiary/aromatic N) is 1. The van der Waals surface area contributed by atoms with Gasteiger partial charge in [0.1, 0.15) is 5.60 Å². The summed E-state index contributed by atoms with van der Waals surface area (Å²) in [6, 6.07) is 1.80. The van der Waals surface area contributed by atoms with Crippen molar-refractivity contribution in [1.29, 1.82) is 0 Å². The number of carbonyl (C=O) groups excluding carboxylic acids is 1. The van der Waals surface area contributed by atoms with Crippen molar-refractivity contribution in [1.82, 2.24) is 4.98 Å². The van der Waals surface area contributed by atoms with Gasteiger partial charge in [0.2, 0.25) is 5.88 Å². The first kappa shape index (κ1) is 11.7. The zero-order valence-corrected chi connectivity index (χ0v) is 9.92. The van der Waals surface area contributed by atoms with E-state index in [0.29, 0.717) is 11.4 Å². The predicted molar refractivity (Wildman–Crippen MR) is 59.4 cm³/mol. The van der Waals surface area contributed by atoms with Crippen LogP contribution < -0.4 is 4.74 Å². The quantitative estimate of drug-likeness (QED) is 0.700. The Bertz CT molecular complexity index is 378. The Morgan fingerprint density at radius 2 is 2.00 bits per heavy atom. The lowest BCUT2D eigenvalue weighted by Gasteiger charge is -2.21. The molecule has 0 spiro atoms. The van der Waals surface area contributed by atoms with Crippen LogP contribution in [0.3, 0.4) is 0 Å². The van der Waals surface area contributed by atoms with Gasteiger partial charge in [0.15, 0.2) is 5.78 Å². The van der Waals surface area contributed by atoms with Crippen molar-refractivity contribution in [3.8, 4) is 5.88 Å². The van der Waals surface area contributed by atoms with Gasteiger partial charge in [-0.3, -0.25) is 4.79 Å². The maximum atomic E-state index is 11.1. The van der Waals surface area contributed by atoms with E-state index < -0.39 is 0 Å². The molecule has 0 atom stereocenters. The molecule has 0 amide bonds. The van der Waals surface area contributed by atoms with Crippen LogP contribution in [-0.4, -0.2) is 16.4 Å². The molecule has 0 radical (unpaired) electrons. The maximum absolute atomic E-state index is 11.1.